The number of rotatable bonds is 11. The Kier molecular flexibility index (Phi) is 8.31. The number of carbonyl (C=O) groups excluding carboxylic acids is 1. The van der Waals surface area contributed by atoms with Crippen LogP contribution >= 0.6 is 11.8 Å². The average Bonchev–Trinajstić information content (AvgIpc) is 3.50. The Morgan fingerprint density at radius 1 is 1.05 bits per heavy atom. The third-order valence-electron chi connectivity index (χ3n) is 7.19. The Morgan fingerprint density at radius 3 is 2.69 bits per heavy atom. The number of ether oxygens (including phenoxy) is 1. The van der Waals surface area contributed by atoms with Crippen molar-refractivity contribution in [2.75, 3.05) is 6.61 Å². The Balaban J connectivity index is 1.32. The summed E-state index contributed by atoms with van der Waals surface area (Å²) in [6.07, 6.45) is 10.6. The molecule has 202 valence electrons. The number of hydrazone groups is 1. The van der Waals surface area contributed by atoms with Crippen LogP contribution in [0.1, 0.15) is 62.1 Å². The molecule has 0 aliphatic carbocycles. The summed E-state index contributed by atoms with van der Waals surface area (Å²) in [5.74, 6) is 0.539. The van der Waals surface area contributed by atoms with Gasteiger partial charge in [0.15, 0.2) is 5.84 Å². The molecular weight excluding hydrogens is 506 g/mol. The van der Waals surface area contributed by atoms with Crippen molar-refractivity contribution in [2.45, 2.75) is 65.8 Å². The molecule has 39 heavy (non-hydrogen) atoms. The molecule has 7 nitrogen and oxygen atoms in total. The van der Waals surface area contributed by atoms with Gasteiger partial charge < -0.3 is 9.30 Å². The van der Waals surface area contributed by atoms with Gasteiger partial charge in [-0.3, -0.25) is 10.2 Å². The number of fused-ring (bicyclic) bond motifs is 2. The van der Waals surface area contributed by atoms with Crippen LogP contribution in [0.25, 0.3) is 17.0 Å². The van der Waals surface area contributed by atoms with Gasteiger partial charge in [0.1, 0.15) is 17.4 Å². The maximum Gasteiger partial charge on any atom is 0.283 e. The van der Waals surface area contributed by atoms with Gasteiger partial charge in [-0.25, -0.2) is 0 Å². The molecule has 2 aromatic carbocycles. The first kappa shape index (κ1) is 26.9. The second-order valence-electron chi connectivity index (χ2n) is 10.1. The van der Waals surface area contributed by atoms with E-state index in [1.165, 1.54) is 53.6 Å². The van der Waals surface area contributed by atoms with E-state index in [0.29, 0.717) is 18.3 Å². The second-order valence-corrected chi connectivity index (χ2v) is 11.1. The number of aliphatic imine (C=N–C) groups is 1. The number of amides is 1. The molecule has 5 rings (SSSR count). The minimum absolute atomic E-state index is 0.0772. The lowest BCUT2D eigenvalue weighted by Gasteiger charge is -2.20. The van der Waals surface area contributed by atoms with Gasteiger partial charge in [-0.1, -0.05) is 56.9 Å². The number of thioether (sulfide) groups is 1. The largest absolute Gasteiger partial charge is 0.492 e. The lowest BCUT2D eigenvalue weighted by atomic mass is 10.1. The number of carbonyl (C=O) groups is 1. The van der Waals surface area contributed by atoms with E-state index in [0.717, 1.165) is 40.1 Å². The molecule has 1 N–H and O–H groups in total. The van der Waals surface area contributed by atoms with Gasteiger partial charge in [0.2, 0.25) is 5.17 Å². The van der Waals surface area contributed by atoms with Crippen LogP contribution in [0.3, 0.4) is 0 Å². The lowest BCUT2D eigenvalue weighted by Crippen LogP contribution is -2.35. The first-order valence-electron chi connectivity index (χ1n) is 13.7. The van der Waals surface area contributed by atoms with E-state index >= 15 is 0 Å². The fourth-order valence-corrected chi connectivity index (χ4v) is 5.74. The van der Waals surface area contributed by atoms with E-state index < -0.39 is 5.91 Å². The highest BCUT2D eigenvalue weighted by atomic mass is 32.2. The third kappa shape index (κ3) is 6.01. The van der Waals surface area contributed by atoms with Gasteiger partial charge in [0, 0.05) is 22.7 Å². The molecule has 3 heterocycles. The fourth-order valence-electron chi connectivity index (χ4n) is 4.81. The van der Waals surface area contributed by atoms with Crippen molar-refractivity contribution in [3.8, 4) is 5.75 Å². The number of benzene rings is 2. The highest BCUT2D eigenvalue weighted by Crippen LogP contribution is 2.31. The molecule has 2 aliphatic heterocycles. The summed E-state index contributed by atoms with van der Waals surface area (Å²) in [7, 11) is 0. The Bertz CT molecular complexity index is 1500. The summed E-state index contributed by atoms with van der Waals surface area (Å²) in [4.78, 5) is 17.3. The molecule has 0 unspecified atom stereocenters. The zero-order valence-corrected chi connectivity index (χ0v) is 23.7. The van der Waals surface area contributed by atoms with E-state index in [1.807, 2.05) is 30.5 Å². The second kappa shape index (κ2) is 12.0. The summed E-state index contributed by atoms with van der Waals surface area (Å²) in [6.45, 7) is 7.55. The van der Waals surface area contributed by atoms with Crippen LogP contribution in [-0.2, 0) is 11.3 Å². The van der Waals surface area contributed by atoms with Gasteiger partial charge >= 0.3 is 0 Å². The van der Waals surface area contributed by atoms with E-state index in [9.17, 15) is 4.79 Å². The summed E-state index contributed by atoms with van der Waals surface area (Å²) >= 11 is 1.41. The highest BCUT2D eigenvalue weighted by Gasteiger charge is 2.35. The number of amidine groups is 2. The first-order chi connectivity index (χ1) is 18.9. The number of para-hydroxylation sites is 1. The first-order valence-corrected chi connectivity index (χ1v) is 14.5. The van der Waals surface area contributed by atoms with Crippen molar-refractivity contribution in [1.29, 1.82) is 5.41 Å². The van der Waals surface area contributed by atoms with Crippen molar-refractivity contribution in [2.24, 2.45) is 10.1 Å². The Morgan fingerprint density at radius 2 is 1.87 bits per heavy atom. The van der Waals surface area contributed by atoms with Gasteiger partial charge in [-0.15, -0.1) is 0 Å². The molecule has 8 heteroatoms. The van der Waals surface area contributed by atoms with Crippen LogP contribution in [0.15, 0.2) is 64.3 Å². The lowest BCUT2D eigenvalue weighted by molar-refractivity contribution is -0.114. The van der Waals surface area contributed by atoms with Crippen molar-refractivity contribution in [1.82, 2.24) is 9.58 Å². The topological polar surface area (TPSA) is 83.0 Å². The molecule has 0 radical (unpaired) electrons. The number of aromatic nitrogens is 1. The zero-order chi connectivity index (χ0) is 27.4. The van der Waals surface area contributed by atoms with E-state index in [1.54, 1.807) is 6.08 Å². The van der Waals surface area contributed by atoms with E-state index in [4.69, 9.17) is 10.1 Å². The predicted molar refractivity (Wildman–Crippen MR) is 162 cm³/mol. The predicted octanol–water partition coefficient (Wildman–Crippen LogP) is 7.32. The van der Waals surface area contributed by atoms with Gasteiger partial charge in [0.25, 0.3) is 5.91 Å². The fraction of sp³-hybridized carbons (Fsp3) is 0.355. The maximum absolute atomic E-state index is 13.0. The molecule has 0 saturated heterocycles. The summed E-state index contributed by atoms with van der Waals surface area (Å²) in [6, 6.07) is 14.2. The Labute approximate surface area is 234 Å². The summed E-state index contributed by atoms with van der Waals surface area (Å²) in [5, 5.41) is 17.3. The molecule has 0 fully saturated rings. The van der Waals surface area contributed by atoms with Gasteiger partial charge in [-0.2, -0.15) is 15.1 Å². The number of unbranched alkanes of at least 4 members (excludes halogenated alkanes) is 4. The zero-order valence-electron chi connectivity index (χ0n) is 22.9. The number of hydrogen-bond acceptors (Lipinski definition) is 5. The van der Waals surface area contributed by atoms with Crippen molar-refractivity contribution >= 4 is 50.7 Å². The van der Waals surface area contributed by atoms with Gasteiger partial charge in [0.05, 0.1) is 12.1 Å². The van der Waals surface area contributed by atoms with Crippen LogP contribution in [0.5, 0.6) is 5.75 Å². The summed E-state index contributed by atoms with van der Waals surface area (Å²) < 4.78 is 8.16. The standard InChI is InChI=1S/C31H35N5O2S/c1-4-5-6-7-8-13-28-34-36-29(32)26(30(37)33-31(36)39-28)19-23-20-35(27-12-10-9-11-25(23)27)16-17-38-24-15-14-21(2)22(3)18-24/h9-12,14-15,18-20,32H,4-8,13,16-17H2,1-3H3/b26-19-,32-29?. The van der Waals surface area contributed by atoms with E-state index in [-0.39, 0.29) is 11.4 Å². The molecule has 2 aliphatic rings. The molecule has 0 spiro atoms. The molecule has 1 amide bonds. The van der Waals surface area contributed by atoms with Crippen molar-refractivity contribution in [3.05, 3.63) is 70.9 Å². The molecule has 0 atom stereocenters. The monoisotopic (exact) mass is 541 g/mol. The van der Waals surface area contributed by atoms with Crippen molar-refractivity contribution in [3.63, 3.8) is 0 Å². The average molecular weight is 542 g/mol. The quantitative estimate of drug-likeness (QED) is 0.204. The number of hydrogen-bond donors (Lipinski definition) is 1. The van der Waals surface area contributed by atoms with Crippen LogP contribution in [0, 0.1) is 19.3 Å². The smallest absolute Gasteiger partial charge is 0.283 e. The van der Waals surface area contributed by atoms with E-state index in [2.05, 4.69) is 53.6 Å². The molecule has 0 saturated carbocycles. The number of nitrogens with zero attached hydrogens (tertiary/aromatic N) is 4. The van der Waals surface area contributed by atoms with Crippen LogP contribution in [-0.4, -0.2) is 38.1 Å². The maximum atomic E-state index is 13.0. The number of nitrogens with one attached hydrogen (secondary N) is 1. The molecule has 1 aromatic heterocycles. The SMILES string of the molecule is CCCCCCCC1=NN2C(=N)/C(=C/c3cn(CCOc4ccc(C)c(C)c4)c4ccccc34)C(=O)N=C2S1. The molecule has 3 aromatic rings. The molecular formula is C31H35N5O2S. The van der Waals surface area contributed by atoms with Crippen LogP contribution in [0.4, 0.5) is 0 Å². The summed E-state index contributed by atoms with van der Waals surface area (Å²) in [5.41, 5.74) is 4.62. The minimum Gasteiger partial charge on any atom is -0.492 e. The normalized spacial score (nSPS) is 16.2. The van der Waals surface area contributed by atoms with Crippen LogP contribution in [0.2, 0.25) is 0 Å². The third-order valence-corrected chi connectivity index (χ3v) is 8.16. The highest BCUT2D eigenvalue weighted by molar-refractivity contribution is 8.26. The molecule has 0 bridgehead atoms. The van der Waals surface area contributed by atoms with Crippen molar-refractivity contribution < 1.29 is 9.53 Å². The number of aryl methyl sites for hydroxylation is 2. The minimum atomic E-state index is -0.395. The van der Waals surface area contributed by atoms with Crippen LogP contribution < -0.4 is 4.74 Å². The van der Waals surface area contributed by atoms with Gasteiger partial charge in [-0.05, 0) is 73.9 Å². The Hall–Kier alpha value is -3.65.